The molecule has 0 atom stereocenters. The van der Waals surface area contributed by atoms with Gasteiger partial charge in [0.05, 0.1) is 26.9 Å². The highest BCUT2D eigenvalue weighted by atomic mass is 32.2. The van der Waals surface area contributed by atoms with Crippen molar-refractivity contribution in [1.82, 2.24) is 0 Å². The standard InChI is InChI=1S/C26H19N5O10S3/c27-14-10-15(12-17(11-14)43(36,37)38)28-29-22-8-9-23(21-13-16(42(33,34)35)4-5-18(21)22)30-31-24-7-6-19-20(26(24)32)2-1-3-25(19)44(39,40)41/h1-13,32H,27H2,(H,33,34,35)(H,36,37,38)(H,39,40,41). The molecular weight excluding hydrogens is 639 g/mol. The quantitative estimate of drug-likeness (QED) is 0.0787. The van der Waals surface area contributed by atoms with Gasteiger partial charge in [-0.1, -0.05) is 24.3 Å². The number of nitrogen functional groups attached to an aromatic ring is 1. The maximum absolute atomic E-state index is 11.9. The highest BCUT2D eigenvalue weighted by molar-refractivity contribution is 7.86. The molecule has 0 saturated heterocycles. The molecule has 44 heavy (non-hydrogen) atoms. The van der Waals surface area contributed by atoms with Crippen molar-refractivity contribution in [2.45, 2.75) is 14.7 Å². The van der Waals surface area contributed by atoms with Crippen molar-refractivity contribution in [2.75, 3.05) is 5.73 Å². The van der Waals surface area contributed by atoms with Gasteiger partial charge in [0, 0.05) is 27.2 Å². The number of nitrogens with two attached hydrogens (primary N) is 1. The first-order chi connectivity index (χ1) is 20.5. The average molecular weight is 658 g/mol. The van der Waals surface area contributed by atoms with Crippen LogP contribution in [0.3, 0.4) is 0 Å². The topological polar surface area (TPSA) is 259 Å². The predicted octanol–water partition coefficient (Wildman–Crippen LogP) is 5.85. The van der Waals surface area contributed by atoms with E-state index in [2.05, 4.69) is 20.5 Å². The van der Waals surface area contributed by atoms with Crippen molar-refractivity contribution >= 4 is 80.3 Å². The molecule has 0 aliphatic heterocycles. The van der Waals surface area contributed by atoms with E-state index in [0.717, 1.165) is 30.3 Å². The summed E-state index contributed by atoms with van der Waals surface area (Å²) in [6, 6.07) is 16.2. The fraction of sp³-hybridized carbons (Fsp3) is 0. The Labute approximate surface area is 249 Å². The van der Waals surface area contributed by atoms with Crippen LogP contribution in [0.2, 0.25) is 0 Å². The molecule has 0 heterocycles. The smallest absolute Gasteiger partial charge is 0.295 e. The highest BCUT2D eigenvalue weighted by Crippen LogP contribution is 2.40. The molecule has 0 bridgehead atoms. The van der Waals surface area contributed by atoms with Crippen LogP contribution >= 0.6 is 0 Å². The molecule has 18 heteroatoms. The minimum atomic E-state index is -4.65. The number of rotatable bonds is 7. The summed E-state index contributed by atoms with van der Waals surface area (Å²) >= 11 is 0. The van der Waals surface area contributed by atoms with E-state index in [1.807, 2.05) is 0 Å². The van der Waals surface area contributed by atoms with E-state index in [1.54, 1.807) is 0 Å². The predicted molar refractivity (Wildman–Crippen MR) is 158 cm³/mol. The Hall–Kier alpha value is -4.85. The van der Waals surface area contributed by atoms with Crippen LogP contribution in [0.4, 0.5) is 28.4 Å². The van der Waals surface area contributed by atoms with Gasteiger partial charge in [-0.25, -0.2) is 0 Å². The van der Waals surface area contributed by atoms with Crippen LogP contribution in [0, 0.1) is 0 Å². The molecule has 5 aromatic rings. The number of aromatic hydroxyl groups is 1. The summed E-state index contributed by atoms with van der Waals surface area (Å²) in [5.74, 6) is -0.448. The number of anilines is 1. The number of hydrogen-bond acceptors (Lipinski definition) is 12. The second-order valence-corrected chi connectivity index (χ2v) is 13.4. The minimum absolute atomic E-state index is 0.0151. The molecule has 0 aromatic heterocycles. The number of fused-ring (bicyclic) bond motifs is 2. The molecular formula is C26H19N5O10S3. The van der Waals surface area contributed by atoms with Gasteiger partial charge >= 0.3 is 0 Å². The zero-order valence-corrected chi connectivity index (χ0v) is 24.3. The lowest BCUT2D eigenvalue weighted by Crippen LogP contribution is -1.99. The van der Waals surface area contributed by atoms with Gasteiger partial charge in [0.15, 0.2) is 5.75 Å². The molecule has 226 valence electrons. The summed E-state index contributed by atoms with van der Waals surface area (Å²) < 4.78 is 98.7. The van der Waals surface area contributed by atoms with E-state index in [-0.39, 0.29) is 50.0 Å². The lowest BCUT2D eigenvalue weighted by atomic mass is 10.1. The Morgan fingerprint density at radius 3 is 1.77 bits per heavy atom. The van der Waals surface area contributed by atoms with Crippen LogP contribution in [0.5, 0.6) is 5.75 Å². The second-order valence-electron chi connectivity index (χ2n) is 9.18. The number of benzene rings is 5. The zero-order valence-electron chi connectivity index (χ0n) is 21.8. The van der Waals surface area contributed by atoms with Gasteiger partial charge in [-0.05, 0) is 54.6 Å². The molecule has 0 fully saturated rings. The van der Waals surface area contributed by atoms with Crippen molar-refractivity contribution in [3.63, 3.8) is 0 Å². The third-order valence-electron chi connectivity index (χ3n) is 6.24. The van der Waals surface area contributed by atoms with Gasteiger partial charge in [0.1, 0.15) is 10.6 Å². The van der Waals surface area contributed by atoms with Crippen molar-refractivity contribution in [3.05, 3.63) is 78.9 Å². The van der Waals surface area contributed by atoms with E-state index in [1.165, 1.54) is 48.5 Å². The SMILES string of the molecule is Nc1cc(N=Nc2ccc(N=Nc3ccc4c(S(=O)(=O)O)cccc4c3O)c3cc(S(=O)(=O)O)ccc23)cc(S(=O)(=O)O)c1. The molecule has 0 aliphatic rings. The molecule has 0 spiro atoms. The third kappa shape index (κ3) is 6.25. The van der Waals surface area contributed by atoms with Crippen molar-refractivity contribution < 1.29 is 44.0 Å². The largest absolute Gasteiger partial charge is 0.505 e. The van der Waals surface area contributed by atoms with Gasteiger partial charge in [-0.15, -0.1) is 15.3 Å². The molecule has 0 unspecified atom stereocenters. The lowest BCUT2D eigenvalue weighted by Gasteiger charge is -2.08. The summed E-state index contributed by atoms with van der Waals surface area (Å²) in [5, 5.41) is 27.5. The first kappa shape index (κ1) is 30.6. The summed E-state index contributed by atoms with van der Waals surface area (Å²) in [6.45, 7) is 0. The highest BCUT2D eigenvalue weighted by Gasteiger charge is 2.18. The summed E-state index contributed by atoms with van der Waals surface area (Å²) in [6.07, 6.45) is 0. The Morgan fingerprint density at radius 1 is 0.523 bits per heavy atom. The normalized spacial score (nSPS) is 13.0. The van der Waals surface area contributed by atoms with Crippen LogP contribution < -0.4 is 5.73 Å². The van der Waals surface area contributed by atoms with Crippen molar-refractivity contribution in [2.24, 2.45) is 20.5 Å². The number of hydrogen-bond donors (Lipinski definition) is 5. The monoisotopic (exact) mass is 657 g/mol. The first-order valence-corrected chi connectivity index (χ1v) is 16.3. The molecule has 15 nitrogen and oxygen atoms in total. The van der Waals surface area contributed by atoms with Gasteiger partial charge in [0.25, 0.3) is 30.4 Å². The van der Waals surface area contributed by atoms with E-state index in [9.17, 15) is 44.0 Å². The fourth-order valence-corrected chi connectivity index (χ4v) is 6.04. The molecule has 6 N–H and O–H groups in total. The third-order valence-corrected chi connectivity index (χ3v) is 8.83. The summed E-state index contributed by atoms with van der Waals surface area (Å²) in [4.78, 5) is -1.40. The van der Waals surface area contributed by atoms with Crippen molar-refractivity contribution in [3.8, 4) is 5.75 Å². The average Bonchev–Trinajstić information content (AvgIpc) is 2.94. The minimum Gasteiger partial charge on any atom is -0.505 e. The molecule has 0 aliphatic carbocycles. The molecule has 0 radical (unpaired) electrons. The van der Waals surface area contributed by atoms with E-state index in [0.29, 0.717) is 0 Å². The zero-order chi connectivity index (χ0) is 32.0. The van der Waals surface area contributed by atoms with E-state index < -0.39 is 50.8 Å². The Morgan fingerprint density at radius 2 is 1.11 bits per heavy atom. The maximum Gasteiger partial charge on any atom is 0.295 e. The maximum atomic E-state index is 11.9. The van der Waals surface area contributed by atoms with E-state index >= 15 is 0 Å². The molecule has 5 rings (SSSR count). The van der Waals surface area contributed by atoms with Crippen LogP contribution in [-0.4, -0.2) is 44.0 Å². The second kappa shape index (κ2) is 11.0. The summed E-state index contributed by atoms with van der Waals surface area (Å²) in [5.41, 5.74) is 5.80. The number of nitrogens with zero attached hydrogens (tertiary/aromatic N) is 4. The van der Waals surface area contributed by atoms with Crippen molar-refractivity contribution in [1.29, 1.82) is 0 Å². The molecule has 0 saturated carbocycles. The van der Waals surface area contributed by atoms with Crippen LogP contribution in [0.25, 0.3) is 21.5 Å². The van der Waals surface area contributed by atoms with Crippen LogP contribution in [0.1, 0.15) is 0 Å². The van der Waals surface area contributed by atoms with Gasteiger partial charge < -0.3 is 10.8 Å². The van der Waals surface area contributed by atoms with Gasteiger partial charge in [-0.3, -0.25) is 13.7 Å². The Bertz CT molecular complexity index is 2390. The van der Waals surface area contributed by atoms with Crippen LogP contribution in [0.15, 0.2) is 114 Å². The van der Waals surface area contributed by atoms with Crippen LogP contribution in [-0.2, 0) is 30.4 Å². The fourth-order valence-electron chi connectivity index (χ4n) is 4.27. The molecule has 5 aromatic carbocycles. The number of phenols is 1. The number of azo groups is 2. The molecule has 0 amide bonds. The number of phenolic OH excluding ortho intramolecular Hbond substituents is 1. The Kier molecular flexibility index (Phi) is 7.66. The van der Waals surface area contributed by atoms with E-state index in [4.69, 9.17) is 5.73 Å². The lowest BCUT2D eigenvalue weighted by molar-refractivity contribution is 0.480. The van der Waals surface area contributed by atoms with Gasteiger partial charge in [0.2, 0.25) is 0 Å². The summed E-state index contributed by atoms with van der Waals surface area (Å²) in [7, 11) is -13.8. The Balaban J connectivity index is 1.62. The van der Waals surface area contributed by atoms with Gasteiger partial charge in [-0.2, -0.15) is 30.4 Å². The first-order valence-electron chi connectivity index (χ1n) is 12.0.